The smallest absolute Gasteiger partial charge is 0.264 e. The van der Waals surface area contributed by atoms with Crippen LogP contribution >= 0.6 is 43.2 Å². The lowest BCUT2D eigenvalue weighted by Crippen LogP contribution is -2.77. The van der Waals surface area contributed by atoms with E-state index in [0.717, 1.165) is 22.5 Å². The first-order valence-electron chi connectivity index (χ1n) is 14.8. The lowest BCUT2D eigenvalue weighted by Gasteiger charge is -2.58. The molecule has 15 heteroatoms. The number of nitrogens with one attached hydrogen (secondary N) is 2. The topological polar surface area (TPSA) is 126 Å². The molecule has 2 aromatic carbocycles. The van der Waals surface area contributed by atoms with Crippen molar-refractivity contribution in [2.45, 2.75) is 69.0 Å². The fourth-order valence-corrected chi connectivity index (χ4v) is 16.8. The Kier molecular flexibility index (Phi) is 4.69. The third kappa shape index (κ3) is 2.36. The number of hydrogen-bond acceptors (Lipinski definition) is 11. The largest absolute Gasteiger partial charge is 0.388 e. The zero-order chi connectivity index (χ0) is 31.3. The van der Waals surface area contributed by atoms with Crippen molar-refractivity contribution in [2.24, 2.45) is 0 Å². The van der Waals surface area contributed by atoms with E-state index in [4.69, 9.17) is 0 Å². The highest BCUT2D eigenvalue weighted by molar-refractivity contribution is 8.78. The van der Waals surface area contributed by atoms with Crippen molar-refractivity contribution >= 4 is 78.2 Å². The van der Waals surface area contributed by atoms with Gasteiger partial charge in [-0.25, -0.2) is 0 Å². The molecule has 8 saturated heterocycles. The SMILES string of the molecule is CN1C(=O)C23CC4(C56c7ccccc7NC5N5C(=O)C7(C)SSC5(C(=O)N7C)C6O)c5ccccc5NC4N2C(=O)C1(C)SS3. The Balaban J connectivity index is 1.33. The molecule has 12 rings (SSSR count). The van der Waals surface area contributed by atoms with Crippen LogP contribution < -0.4 is 10.6 Å². The monoisotopic (exact) mass is 680 g/mol. The first kappa shape index (κ1) is 27.4. The lowest BCUT2D eigenvalue weighted by atomic mass is 9.53. The van der Waals surface area contributed by atoms with E-state index in [1.807, 2.05) is 48.5 Å². The van der Waals surface area contributed by atoms with Crippen molar-refractivity contribution in [1.82, 2.24) is 19.6 Å². The Labute approximate surface area is 274 Å². The number of carbonyl (C=O) groups is 4. The van der Waals surface area contributed by atoms with Gasteiger partial charge < -0.3 is 25.5 Å². The van der Waals surface area contributed by atoms with Gasteiger partial charge in [0.1, 0.15) is 18.4 Å². The molecule has 10 heterocycles. The van der Waals surface area contributed by atoms with Crippen LogP contribution in [0.15, 0.2) is 48.5 Å². The van der Waals surface area contributed by atoms with E-state index >= 15 is 0 Å². The van der Waals surface area contributed by atoms with Crippen LogP contribution in [0.2, 0.25) is 0 Å². The molecule has 4 amide bonds. The third-order valence-corrected chi connectivity index (χ3v) is 19.4. The zero-order valence-corrected chi connectivity index (χ0v) is 27.8. The van der Waals surface area contributed by atoms with E-state index in [-0.39, 0.29) is 30.0 Å². The standard InChI is InChI=1S/C30H28N6O5S4/c1-25-21(38)35-19-27(14-9-5-7-11-16(14)31-19,13-28(35,44-42-25)23(40)33(25)3)29-15-10-6-8-12-17(15)32-20(29)36-22(39)26(2)34(4)24(41)30(36,18(29)37)45-43-26/h5-12,18-20,31-32,37H,13H2,1-4H3. The first-order chi connectivity index (χ1) is 21.4. The summed E-state index contributed by atoms with van der Waals surface area (Å²) >= 11 is 0. The third-order valence-electron chi connectivity index (χ3n) is 12.0. The Hall–Kier alpha value is -2.72. The minimum Gasteiger partial charge on any atom is -0.388 e. The van der Waals surface area contributed by atoms with Gasteiger partial charge in [-0.1, -0.05) is 68.8 Å². The van der Waals surface area contributed by atoms with E-state index in [9.17, 15) is 24.3 Å². The summed E-state index contributed by atoms with van der Waals surface area (Å²) in [5.41, 5.74) is 0.681. The van der Waals surface area contributed by atoms with E-state index in [1.54, 1.807) is 42.6 Å². The number of rotatable bonds is 1. The normalized spacial score (nSPS) is 46.1. The van der Waals surface area contributed by atoms with Crippen molar-refractivity contribution in [3.8, 4) is 0 Å². The number of piperazine rings is 2. The number of anilines is 2. The van der Waals surface area contributed by atoms with Gasteiger partial charge in [-0.2, -0.15) is 0 Å². The van der Waals surface area contributed by atoms with Crippen molar-refractivity contribution < 1.29 is 24.3 Å². The number of para-hydroxylation sites is 2. The number of aliphatic hydroxyl groups is 1. The van der Waals surface area contributed by atoms with Crippen LogP contribution in [0.1, 0.15) is 31.4 Å². The number of amides is 4. The number of likely N-dealkylation sites (N-methyl/N-ethyl adjacent to an activating group) is 2. The molecular formula is C30H28N6O5S4. The van der Waals surface area contributed by atoms with Crippen LogP contribution in [0.25, 0.3) is 0 Å². The van der Waals surface area contributed by atoms with Gasteiger partial charge in [0.25, 0.3) is 23.6 Å². The summed E-state index contributed by atoms with van der Waals surface area (Å²) < 4.78 is 0. The maximum absolute atomic E-state index is 14.6. The first-order valence-corrected chi connectivity index (χ1v) is 19.1. The van der Waals surface area contributed by atoms with Crippen LogP contribution in [0.4, 0.5) is 11.4 Å². The predicted octanol–water partition coefficient (Wildman–Crippen LogP) is 2.36. The van der Waals surface area contributed by atoms with Crippen LogP contribution in [0.3, 0.4) is 0 Å². The number of nitrogens with zero attached hydrogens (tertiary/aromatic N) is 4. The molecule has 0 aromatic heterocycles. The Bertz CT molecular complexity index is 1860. The van der Waals surface area contributed by atoms with Gasteiger partial charge in [-0.05, 0) is 47.9 Å². The highest BCUT2D eigenvalue weighted by Gasteiger charge is 2.90. The summed E-state index contributed by atoms with van der Waals surface area (Å²) in [5, 5.41) is 20.5. The molecule has 2 aromatic rings. The second-order valence-electron chi connectivity index (χ2n) is 13.5. The van der Waals surface area contributed by atoms with Gasteiger partial charge in [0.15, 0.2) is 14.6 Å². The molecule has 9 atom stereocenters. The van der Waals surface area contributed by atoms with Gasteiger partial charge >= 0.3 is 0 Å². The Morgan fingerprint density at radius 1 is 0.711 bits per heavy atom. The summed E-state index contributed by atoms with van der Waals surface area (Å²) in [7, 11) is 8.67. The van der Waals surface area contributed by atoms with E-state index in [1.165, 1.54) is 48.1 Å². The summed E-state index contributed by atoms with van der Waals surface area (Å²) in [6.07, 6.45) is -2.82. The highest BCUT2D eigenvalue weighted by Crippen LogP contribution is 2.78. The molecule has 4 bridgehead atoms. The van der Waals surface area contributed by atoms with Crippen LogP contribution in [0.5, 0.6) is 0 Å². The molecule has 10 aliphatic rings. The van der Waals surface area contributed by atoms with Gasteiger partial charge in [-0.15, -0.1) is 0 Å². The minimum atomic E-state index is -1.63. The second-order valence-corrected chi connectivity index (χ2v) is 19.0. The van der Waals surface area contributed by atoms with Crippen molar-refractivity contribution in [1.29, 1.82) is 0 Å². The second kappa shape index (κ2) is 7.70. The van der Waals surface area contributed by atoms with Crippen LogP contribution in [-0.2, 0) is 30.0 Å². The molecule has 10 aliphatic heterocycles. The molecule has 0 radical (unpaired) electrons. The van der Waals surface area contributed by atoms with Gasteiger partial charge in [0.05, 0.1) is 10.8 Å². The molecular weight excluding hydrogens is 653 g/mol. The number of hydrogen-bond donors (Lipinski definition) is 3. The number of carbonyl (C=O) groups excluding carboxylic acids is 4. The van der Waals surface area contributed by atoms with Crippen LogP contribution in [-0.4, -0.2) is 100 Å². The van der Waals surface area contributed by atoms with Crippen molar-refractivity contribution in [3.05, 3.63) is 59.7 Å². The predicted molar refractivity (Wildman–Crippen MR) is 174 cm³/mol. The quantitative estimate of drug-likeness (QED) is 0.385. The Morgan fingerprint density at radius 2 is 1.27 bits per heavy atom. The fraction of sp³-hybridized carbons (Fsp3) is 0.467. The molecule has 9 unspecified atom stereocenters. The maximum atomic E-state index is 14.6. The van der Waals surface area contributed by atoms with E-state index < -0.39 is 48.7 Å². The molecule has 232 valence electrons. The summed E-state index contributed by atoms with van der Waals surface area (Å²) in [5.74, 6) is -0.935. The van der Waals surface area contributed by atoms with Gasteiger partial charge in [0.2, 0.25) is 4.87 Å². The molecule has 8 fully saturated rings. The Morgan fingerprint density at radius 3 is 1.98 bits per heavy atom. The molecule has 45 heavy (non-hydrogen) atoms. The van der Waals surface area contributed by atoms with Crippen molar-refractivity contribution in [2.75, 3.05) is 24.7 Å². The maximum Gasteiger partial charge on any atom is 0.264 e. The van der Waals surface area contributed by atoms with Gasteiger partial charge in [-0.3, -0.25) is 29.0 Å². The average Bonchev–Trinajstić information content (AvgIpc) is 3.70. The molecule has 11 nitrogen and oxygen atoms in total. The number of aliphatic hydroxyl groups excluding tert-OH is 1. The minimum absolute atomic E-state index is 0.165. The van der Waals surface area contributed by atoms with Gasteiger partial charge in [0, 0.05) is 31.9 Å². The van der Waals surface area contributed by atoms with E-state index in [0.29, 0.717) is 0 Å². The van der Waals surface area contributed by atoms with Crippen LogP contribution in [0, 0.1) is 0 Å². The molecule has 2 spiro atoms. The van der Waals surface area contributed by atoms with Crippen molar-refractivity contribution in [3.63, 3.8) is 0 Å². The molecule has 0 saturated carbocycles. The average molecular weight is 681 g/mol. The fourth-order valence-electron chi connectivity index (χ4n) is 9.74. The highest BCUT2D eigenvalue weighted by atomic mass is 33.1. The lowest BCUT2D eigenvalue weighted by molar-refractivity contribution is -0.166. The zero-order valence-electron chi connectivity index (χ0n) is 24.6. The summed E-state index contributed by atoms with van der Waals surface area (Å²) in [6, 6.07) is 15.5. The summed E-state index contributed by atoms with van der Waals surface area (Å²) in [4.78, 5) is 59.5. The molecule has 0 aliphatic carbocycles. The molecule has 3 N–H and O–H groups in total. The summed E-state index contributed by atoms with van der Waals surface area (Å²) in [6.45, 7) is 3.54. The number of benzene rings is 2. The number of fused-ring (bicyclic) bond motifs is 11. The van der Waals surface area contributed by atoms with E-state index in [2.05, 4.69) is 10.6 Å².